The van der Waals surface area contributed by atoms with Crippen LogP contribution in [0, 0.1) is 13.8 Å². The van der Waals surface area contributed by atoms with Gasteiger partial charge >= 0.3 is 5.97 Å². The molecule has 1 amide bonds. The van der Waals surface area contributed by atoms with Gasteiger partial charge in [0.05, 0.1) is 5.69 Å². The van der Waals surface area contributed by atoms with Crippen LogP contribution in [0.2, 0.25) is 0 Å². The van der Waals surface area contributed by atoms with E-state index in [0.29, 0.717) is 13.1 Å². The van der Waals surface area contributed by atoms with Gasteiger partial charge < -0.3 is 10.0 Å². The molecule has 24 heavy (non-hydrogen) atoms. The Hall–Kier alpha value is -2.64. The molecule has 2 aromatic rings. The highest BCUT2D eigenvalue weighted by Crippen LogP contribution is 2.16. The van der Waals surface area contributed by atoms with Crippen molar-refractivity contribution in [3.63, 3.8) is 0 Å². The van der Waals surface area contributed by atoms with Crippen LogP contribution in [0.4, 0.5) is 0 Å². The number of aromatic carboxylic acids is 1. The van der Waals surface area contributed by atoms with E-state index in [4.69, 9.17) is 5.11 Å². The van der Waals surface area contributed by atoms with Crippen LogP contribution in [0.1, 0.15) is 41.3 Å². The Bertz CT molecular complexity index is 747. The summed E-state index contributed by atoms with van der Waals surface area (Å²) >= 11 is 0. The van der Waals surface area contributed by atoms with Crippen molar-refractivity contribution in [2.75, 3.05) is 6.54 Å². The van der Waals surface area contributed by atoms with Crippen LogP contribution in [-0.2, 0) is 24.4 Å². The van der Waals surface area contributed by atoms with E-state index in [1.165, 1.54) is 16.9 Å². The lowest BCUT2D eigenvalue weighted by Crippen LogP contribution is -2.34. The summed E-state index contributed by atoms with van der Waals surface area (Å²) in [5.41, 5.74) is 2.99. The highest BCUT2D eigenvalue weighted by Gasteiger charge is 2.20. The predicted molar refractivity (Wildman–Crippen MR) is 87.7 cm³/mol. The van der Waals surface area contributed by atoms with Crippen molar-refractivity contribution in [1.82, 2.24) is 24.5 Å². The van der Waals surface area contributed by atoms with Gasteiger partial charge in [0.15, 0.2) is 0 Å². The van der Waals surface area contributed by atoms with E-state index in [2.05, 4.69) is 10.2 Å². The van der Waals surface area contributed by atoms with Gasteiger partial charge in [-0.3, -0.25) is 9.48 Å². The van der Waals surface area contributed by atoms with Gasteiger partial charge in [-0.05, 0) is 33.8 Å². The zero-order valence-electron chi connectivity index (χ0n) is 14.5. The smallest absolute Gasteiger partial charge is 0.354 e. The number of carboxylic acids is 1. The molecule has 2 rings (SSSR count). The number of carboxylic acid groups (broad SMARTS) is 1. The molecule has 0 aliphatic carbocycles. The van der Waals surface area contributed by atoms with Gasteiger partial charge in [-0.25, -0.2) is 9.48 Å². The Morgan fingerprint density at radius 2 is 1.96 bits per heavy atom. The standard InChI is InChI=1S/C16H23N5O3/c1-5-19(9-13-11(3)18-20(6-2)12(13)4)15(22)10-21-14(16(23)24)7-8-17-21/h7-8H,5-6,9-10H2,1-4H3,(H,23,24). The van der Waals surface area contributed by atoms with Crippen molar-refractivity contribution >= 4 is 11.9 Å². The number of amides is 1. The minimum atomic E-state index is -1.10. The molecule has 0 spiro atoms. The number of aryl methyl sites for hydroxylation is 2. The van der Waals surface area contributed by atoms with E-state index in [1.54, 1.807) is 4.90 Å². The van der Waals surface area contributed by atoms with Crippen LogP contribution in [0.15, 0.2) is 12.3 Å². The molecule has 0 saturated heterocycles. The summed E-state index contributed by atoms with van der Waals surface area (Å²) in [6.07, 6.45) is 1.38. The molecule has 0 saturated carbocycles. The Labute approximate surface area is 140 Å². The molecule has 130 valence electrons. The van der Waals surface area contributed by atoms with Crippen LogP contribution in [0.3, 0.4) is 0 Å². The first-order valence-corrected chi connectivity index (χ1v) is 7.94. The zero-order valence-corrected chi connectivity index (χ0v) is 14.5. The maximum atomic E-state index is 12.6. The van der Waals surface area contributed by atoms with Crippen LogP contribution in [0.25, 0.3) is 0 Å². The molecule has 0 fully saturated rings. The molecule has 0 atom stereocenters. The van der Waals surface area contributed by atoms with Crippen LogP contribution < -0.4 is 0 Å². The molecule has 2 heterocycles. The number of carbonyl (C=O) groups is 2. The molecule has 0 radical (unpaired) electrons. The zero-order chi connectivity index (χ0) is 17.9. The topological polar surface area (TPSA) is 93.3 Å². The molecule has 0 bridgehead atoms. The average Bonchev–Trinajstić information content (AvgIpc) is 3.10. The Balaban J connectivity index is 2.16. The molecule has 2 aromatic heterocycles. The molecule has 0 aromatic carbocycles. The normalized spacial score (nSPS) is 10.8. The van der Waals surface area contributed by atoms with Gasteiger partial charge in [-0.2, -0.15) is 10.2 Å². The van der Waals surface area contributed by atoms with Gasteiger partial charge in [0.1, 0.15) is 12.2 Å². The third-order valence-corrected chi connectivity index (χ3v) is 4.13. The molecule has 0 aliphatic heterocycles. The summed E-state index contributed by atoms with van der Waals surface area (Å²) in [6.45, 7) is 9.51. The van der Waals surface area contributed by atoms with Crippen LogP contribution >= 0.6 is 0 Å². The summed E-state index contributed by atoms with van der Waals surface area (Å²) in [5, 5.41) is 17.5. The third kappa shape index (κ3) is 3.47. The summed E-state index contributed by atoms with van der Waals surface area (Å²) in [5.74, 6) is -1.27. The maximum Gasteiger partial charge on any atom is 0.354 e. The van der Waals surface area contributed by atoms with Gasteiger partial charge in [-0.15, -0.1) is 0 Å². The minimum absolute atomic E-state index is 0.00515. The first kappa shape index (κ1) is 17.7. The summed E-state index contributed by atoms with van der Waals surface area (Å²) < 4.78 is 3.13. The maximum absolute atomic E-state index is 12.6. The number of carbonyl (C=O) groups excluding carboxylic acids is 1. The van der Waals surface area contributed by atoms with Crippen molar-refractivity contribution in [3.05, 3.63) is 34.9 Å². The number of hydrogen-bond acceptors (Lipinski definition) is 4. The van der Waals surface area contributed by atoms with E-state index in [-0.39, 0.29) is 18.1 Å². The van der Waals surface area contributed by atoms with Crippen molar-refractivity contribution in [3.8, 4) is 0 Å². The molecule has 8 nitrogen and oxygen atoms in total. The van der Waals surface area contributed by atoms with Crippen molar-refractivity contribution in [1.29, 1.82) is 0 Å². The Kier molecular flexibility index (Phi) is 5.38. The number of likely N-dealkylation sites (N-methyl/N-ethyl adjacent to an activating group) is 1. The lowest BCUT2D eigenvalue weighted by Gasteiger charge is -2.21. The molecule has 8 heteroatoms. The number of hydrogen-bond donors (Lipinski definition) is 1. The van der Waals surface area contributed by atoms with E-state index in [1.807, 2.05) is 32.4 Å². The van der Waals surface area contributed by atoms with Gasteiger partial charge in [0.25, 0.3) is 0 Å². The first-order valence-electron chi connectivity index (χ1n) is 7.94. The predicted octanol–water partition coefficient (Wildman–Crippen LogP) is 1.46. The molecular weight excluding hydrogens is 310 g/mol. The largest absolute Gasteiger partial charge is 0.477 e. The highest BCUT2D eigenvalue weighted by molar-refractivity contribution is 5.86. The average molecular weight is 333 g/mol. The fraction of sp³-hybridized carbons (Fsp3) is 0.500. The first-order chi connectivity index (χ1) is 11.4. The lowest BCUT2D eigenvalue weighted by molar-refractivity contribution is -0.132. The van der Waals surface area contributed by atoms with Crippen LogP contribution in [0.5, 0.6) is 0 Å². The quantitative estimate of drug-likeness (QED) is 0.828. The second kappa shape index (κ2) is 7.29. The number of rotatable bonds is 7. The monoisotopic (exact) mass is 333 g/mol. The van der Waals surface area contributed by atoms with Crippen molar-refractivity contribution < 1.29 is 14.7 Å². The van der Waals surface area contributed by atoms with Crippen molar-refractivity contribution in [2.24, 2.45) is 0 Å². The molecule has 1 N–H and O–H groups in total. The summed E-state index contributed by atoms with van der Waals surface area (Å²) in [4.78, 5) is 25.4. The van der Waals surface area contributed by atoms with E-state index in [0.717, 1.165) is 23.5 Å². The fourth-order valence-electron chi connectivity index (χ4n) is 2.71. The summed E-state index contributed by atoms with van der Waals surface area (Å²) in [7, 11) is 0. The second-order valence-electron chi connectivity index (χ2n) is 5.55. The van der Waals surface area contributed by atoms with E-state index < -0.39 is 5.97 Å². The number of aromatic nitrogens is 4. The third-order valence-electron chi connectivity index (χ3n) is 4.13. The number of nitrogens with zero attached hydrogens (tertiary/aromatic N) is 5. The van der Waals surface area contributed by atoms with Crippen molar-refractivity contribution in [2.45, 2.75) is 47.3 Å². The van der Waals surface area contributed by atoms with E-state index >= 15 is 0 Å². The summed E-state index contributed by atoms with van der Waals surface area (Å²) in [6, 6.07) is 1.38. The fourth-order valence-corrected chi connectivity index (χ4v) is 2.71. The van der Waals surface area contributed by atoms with Gasteiger partial charge in [0.2, 0.25) is 5.91 Å². The molecule has 0 aliphatic rings. The second-order valence-corrected chi connectivity index (χ2v) is 5.55. The Morgan fingerprint density at radius 1 is 1.25 bits per heavy atom. The SMILES string of the molecule is CCN(Cc1c(C)nn(CC)c1C)C(=O)Cn1nccc1C(=O)O. The lowest BCUT2D eigenvalue weighted by atomic mass is 10.2. The molecular formula is C16H23N5O3. The van der Waals surface area contributed by atoms with Crippen LogP contribution in [-0.4, -0.2) is 48.0 Å². The minimum Gasteiger partial charge on any atom is -0.477 e. The van der Waals surface area contributed by atoms with E-state index in [9.17, 15) is 9.59 Å². The highest BCUT2D eigenvalue weighted by atomic mass is 16.4. The Morgan fingerprint density at radius 3 is 2.50 bits per heavy atom. The van der Waals surface area contributed by atoms with Gasteiger partial charge in [-0.1, -0.05) is 0 Å². The van der Waals surface area contributed by atoms with Gasteiger partial charge in [0, 0.05) is 37.1 Å². The molecule has 0 unspecified atom stereocenters.